The number of ether oxygens (including phenoxy) is 4. The van der Waals surface area contributed by atoms with Crippen LogP contribution in [0, 0.1) is 0 Å². The van der Waals surface area contributed by atoms with E-state index in [9.17, 15) is 4.79 Å². The number of benzene rings is 1. The number of rotatable bonds is 10. The van der Waals surface area contributed by atoms with Gasteiger partial charge in [0.05, 0.1) is 26.4 Å². The highest BCUT2D eigenvalue weighted by atomic mass is 16.6. The maximum Gasteiger partial charge on any atom is 0.407 e. The van der Waals surface area contributed by atoms with E-state index in [4.69, 9.17) is 18.9 Å². The lowest BCUT2D eigenvalue weighted by atomic mass is 10.1. The van der Waals surface area contributed by atoms with Crippen LogP contribution in [0.5, 0.6) is 5.75 Å². The summed E-state index contributed by atoms with van der Waals surface area (Å²) < 4.78 is 21.9. The van der Waals surface area contributed by atoms with E-state index in [0.29, 0.717) is 26.4 Å². The van der Waals surface area contributed by atoms with Crippen LogP contribution in [-0.4, -0.2) is 75.8 Å². The first-order valence-electron chi connectivity index (χ1n) is 9.99. The van der Waals surface area contributed by atoms with Crippen LogP contribution in [0.2, 0.25) is 0 Å². The summed E-state index contributed by atoms with van der Waals surface area (Å²) in [5, 5.41) is 2.76. The second kappa shape index (κ2) is 11.9. The highest BCUT2D eigenvalue weighted by molar-refractivity contribution is 5.67. The Hall–Kier alpha value is -1.83. The van der Waals surface area contributed by atoms with E-state index in [1.54, 1.807) is 0 Å². The SMILES string of the molecule is CC(C)(C)OC(=O)NCCc1ccc(OCCOCCN2CCOCC2)cc1. The summed E-state index contributed by atoms with van der Waals surface area (Å²) in [6.07, 6.45) is 0.352. The summed E-state index contributed by atoms with van der Waals surface area (Å²) in [6, 6.07) is 7.89. The molecular formula is C21H34N2O5. The standard InChI is InChI=1S/C21H34N2O5/c1-21(2,3)28-20(24)22-9-8-18-4-6-19(7-5-18)27-17-16-26-15-12-23-10-13-25-14-11-23/h4-7H,8-17H2,1-3H3,(H,22,24). The summed E-state index contributed by atoms with van der Waals surface area (Å²) >= 11 is 0. The molecule has 0 saturated carbocycles. The van der Waals surface area contributed by atoms with Gasteiger partial charge in [0.25, 0.3) is 0 Å². The largest absolute Gasteiger partial charge is 0.491 e. The van der Waals surface area contributed by atoms with Gasteiger partial charge in [-0.25, -0.2) is 4.79 Å². The summed E-state index contributed by atoms with van der Waals surface area (Å²) in [7, 11) is 0. The van der Waals surface area contributed by atoms with Gasteiger partial charge in [0.2, 0.25) is 0 Å². The molecule has 0 aliphatic carbocycles. The van der Waals surface area contributed by atoms with E-state index >= 15 is 0 Å². The van der Waals surface area contributed by atoms with Gasteiger partial charge in [0.15, 0.2) is 0 Å². The van der Waals surface area contributed by atoms with E-state index < -0.39 is 5.60 Å². The second-order valence-electron chi connectivity index (χ2n) is 7.74. The minimum atomic E-state index is -0.477. The molecule has 1 aromatic carbocycles. The summed E-state index contributed by atoms with van der Waals surface area (Å²) in [6.45, 7) is 12.4. The van der Waals surface area contributed by atoms with Crippen LogP contribution in [0.25, 0.3) is 0 Å². The Labute approximate surface area is 168 Å². The molecule has 1 saturated heterocycles. The van der Waals surface area contributed by atoms with Crippen LogP contribution in [0.1, 0.15) is 26.3 Å². The molecule has 1 fully saturated rings. The average Bonchev–Trinajstić information content (AvgIpc) is 2.65. The molecule has 0 atom stereocenters. The number of hydrogen-bond acceptors (Lipinski definition) is 6. The Bertz CT molecular complexity index is 565. The molecule has 7 heteroatoms. The average molecular weight is 395 g/mol. The Balaban J connectivity index is 1.52. The predicted molar refractivity (Wildman–Crippen MR) is 108 cm³/mol. The van der Waals surface area contributed by atoms with Gasteiger partial charge in [-0.15, -0.1) is 0 Å². The van der Waals surface area contributed by atoms with E-state index in [-0.39, 0.29) is 6.09 Å². The maximum absolute atomic E-state index is 11.6. The molecule has 0 aromatic heterocycles. The topological polar surface area (TPSA) is 69.3 Å². The Morgan fingerprint density at radius 3 is 2.50 bits per heavy atom. The summed E-state index contributed by atoms with van der Waals surface area (Å²) in [4.78, 5) is 14.0. The zero-order valence-electron chi connectivity index (χ0n) is 17.4. The van der Waals surface area contributed by atoms with Crippen molar-refractivity contribution in [2.75, 3.05) is 59.2 Å². The molecule has 0 unspecified atom stereocenters. The number of morpholine rings is 1. The minimum absolute atomic E-state index is 0.388. The van der Waals surface area contributed by atoms with Crippen molar-refractivity contribution in [1.29, 1.82) is 0 Å². The monoisotopic (exact) mass is 394 g/mol. The molecule has 0 spiro atoms. The number of amides is 1. The molecule has 1 aliphatic heterocycles. The minimum Gasteiger partial charge on any atom is -0.491 e. The van der Waals surface area contributed by atoms with Crippen LogP contribution in [0.4, 0.5) is 4.79 Å². The second-order valence-corrected chi connectivity index (χ2v) is 7.74. The van der Waals surface area contributed by atoms with Crippen molar-refractivity contribution in [3.05, 3.63) is 29.8 Å². The van der Waals surface area contributed by atoms with Crippen molar-refractivity contribution in [3.8, 4) is 5.75 Å². The van der Waals surface area contributed by atoms with E-state index in [1.807, 2.05) is 45.0 Å². The first-order chi connectivity index (χ1) is 13.4. The fourth-order valence-corrected chi connectivity index (χ4v) is 2.71. The zero-order valence-corrected chi connectivity index (χ0v) is 17.4. The third-order valence-corrected chi connectivity index (χ3v) is 4.16. The van der Waals surface area contributed by atoms with Gasteiger partial charge >= 0.3 is 6.09 Å². The van der Waals surface area contributed by atoms with Gasteiger partial charge in [-0.1, -0.05) is 12.1 Å². The predicted octanol–water partition coefficient (Wildman–Crippen LogP) is 2.48. The fourth-order valence-electron chi connectivity index (χ4n) is 2.71. The van der Waals surface area contributed by atoms with E-state index in [0.717, 1.165) is 50.6 Å². The van der Waals surface area contributed by atoms with Crippen molar-refractivity contribution in [3.63, 3.8) is 0 Å². The number of hydrogen-bond donors (Lipinski definition) is 1. The molecule has 1 N–H and O–H groups in total. The van der Waals surface area contributed by atoms with Crippen molar-refractivity contribution in [1.82, 2.24) is 10.2 Å². The van der Waals surface area contributed by atoms with Crippen LogP contribution in [0.3, 0.4) is 0 Å². The van der Waals surface area contributed by atoms with Crippen molar-refractivity contribution >= 4 is 6.09 Å². The Morgan fingerprint density at radius 1 is 1.11 bits per heavy atom. The maximum atomic E-state index is 11.6. The Morgan fingerprint density at radius 2 is 1.82 bits per heavy atom. The molecule has 0 radical (unpaired) electrons. The molecule has 1 aliphatic rings. The lowest BCUT2D eigenvalue weighted by Gasteiger charge is -2.26. The molecule has 0 bridgehead atoms. The fraction of sp³-hybridized carbons (Fsp3) is 0.667. The quantitative estimate of drug-likeness (QED) is 0.615. The van der Waals surface area contributed by atoms with Crippen molar-refractivity contribution < 1.29 is 23.7 Å². The zero-order chi connectivity index (χ0) is 20.2. The molecule has 28 heavy (non-hydrogen) atoms. The first kappa shape index (κ1) is 22.5. The molecule has 158 valence electrons. The van der Waals surface area contributed by atoms with Crippen molar-refractivity contribution in [2.24, 2.45) is 0 Å². The normalized spacial score (nSPS) is 15.2. The number of nitrogens with zero attached hydrogens (tertiary/aromatic N) is 1. The number of nitrogens with one attached hydrogen (secondary N) is 1. The molecule has 1 heterocycles. The third kappa shape index (κ3) is 9.92. The van der Waals surface area contributed by atoms with Gasteiger partial charge in [0.1, 0.15) is 18.0 Å². The van der Waals surface area contributed by atoms with E-state index in [1.165, 1.54) is 0 Å². The molecule has 1 amide bonds. The molecule has 1 aromatic rings. The van der Waals surface area contributed by atoms with Gasteiger partial charge in [-0.05, 0) is 44.9 Å². The van der Waals surface area contributed by atoms with Gasteiger partial charge in [-0.2, -0.15) is 0 Å². The van der Waals surface area contributed by atoms with Crippen LogP contribution < -0.4 is 10.1 Å². The third-order valence-electron chi connectivity index (χ3n) is 4.16. The molecule has 2 rings (SSSR count). The first-order valence-corrected chi connectivity index (χ1v) is 9.99. The van der Waals surface area contributed by atoms with Crippen LogP contribution in [-0.2, 0) is 20.6 Å². The van der Waals surface area contributed by atoms with Crippen LogP contribution >= 0.6 is 0 Å². The van der Waals surface area contributed by atoms with E-state index in [2.05, 4.69) is 10.2 Å². The highest BCUT2D eigenvalue weighted by Gasteiger charge is 2.15. The molecular weight excluding hydrogens is 360 g/mol. The smallest absolute Gasteiger partial charge is 0.407 e. The number of carbonyl (C=O) groups excluding carboxylic acids is 1. The Kier molecular flexibility index (Phi) is 9.54. The number of carbonyl (C=O) groups is 1. The molecule has 7 nitrogen and oxygen atoms in total. The van der Waals surface area contributed by atoms with Gasteiger partial charge in [-0.3, -0.25) is 4.90 Å². The van der Waals surface area contributed by atoms with Gasteiger partial charge < -0.3 is 24.3 Å². The van der Waals surface area contributed by atoms with Gasteiger partial charge in [0, 0.05) is 26.2 Å². The lowest BCUT2D eigenvalue weighted by molar-refractivity contribution is 0.0170. The summed E-state index contributed by atoms with van der Waals surface area (Å²) in [5.74, 6) is 0.820. The lowest BCUT2D eigenvalue weighted by Crippen LogP contribution is -2.38. The number of alkyl carbamates (subject to hydrolysis) is 1. The summed E-state index contributed by atoms with van der Waals surface area (Å²) in [5.41, 5.74) is 0.653. The van der Waals surface area contributed by atoms with Crippen LogP contribution in [0.15, 0.2) is 24.3 Å². The highest BCUT2D eigenvalue weighted by Crippen LogP contribution is 2.12. The van der Waals surface area contributed by atoms with Crippen molar-refractivity contribution in [2.45, 2.75) is 32.8 Å².